The highest BCUT2D eigenvalue weighted by atomic mass is 16.5. The summed E-state index contributed by atoms with van der Waals surface area (Å²) in [5, 5.41) is 17.9. The Morgan fingerprint density at radius 3 is 2.74 bits per heavy atom. The van der Waals surface area contributed by atoms with Crippen LogP contribution in [0.15, 0.2) is 24.4 Å². The van der Waals surface area contributed by atoms with Gasteiger partial charge in [-0.15, -0.1) is 0 Å². The van der Waals surface area contributed by atoms with Crippen LogP contribution in [0.4, 0.5) is 0 Å². The van der Waals surface area contributed by atoms with E-state index in [1.807, 2.05) is 25.3 Å². The van der Waals surface area contributed by atoms with Crippen molar-refractivity contribution < 1.29 is 14.6 Å². The predicted molar refractivity (Wildman–Crippen MR) is 133 cm³/mol. The second-order valence-electron chi connectivity index (χ2n) is 11.7. The maximum atomic E-state index is 12.9. The van der Waals surface area contributed by atoms with Crippen LogP contribution in [0.5, 0.6) is 0 Å². The van der Waals surface area contributed by atoms with Crippen LogP contribution in [0.3, 0.4) is 0 Å². The average Bonchev–Trinajstić information content (AvgIpc) is 3.03. The van der Waals surface area contributed by atoms with E-state index in [-0.39, 0.29) is 16.7 Å². The number of nitrogens with one attached hydrogen (secondary N) is 2. The van der Waals surface area contributed by atoms with Crippen molar-refractivity contribution in [2.24, 2.45) is 16.7 Å². The van der Waals surface area contributed by atoms with Crippen molar-refractivity contribution in [3.8, 4) is 0 Å². The number of aromatic nitrogens is 1. The monoisotopic (exact) mass is 472 g/mol. The maximum absolute atomic E-state index is 12.9. The molecule has 2 saturated carbocycles. The van der Waals surface area contributed by atoms with Gasteiger partial charge in [-0.3, -0.25) is 14.7 Å². The smallest absolute Gasteiger partial charge is 0.220 e. The molecule has 1 aromatic rings. The number of carbonyl (C=O) groups excluding carboxylic acids is 1. The number of hydrogen-bond acceptors (Lipinski definition) is 6. The molecule has 3 aliphatic rings. The van der Waals surface area contributed by atoms with Gasteiger partial charge in [-0.2, -0.15) is 0 Å². The summed E-state index contributed by atoms with van der Waals surface area (Å²) < 4.78 is 5.41. The summed E-state index contributed by atoms with van der Waals surface area (Å²) in [5.41, 5.74) is 0.547. The van der Waals surface area contributed by atoms with Gasteiger partial charge in [0.15, 0.2) is 0 Å². The van der Waals surface area contributed by atoms with E-state index >= 15 is 0 Å². The number of pyridine rings is 1. The predicted octanol–water partition coefficient (Wildman–Crippen LogP) is 2.74. The van der Waals surface area contributed by atoms with Crippen LogP contribution in [0.1, 0.15) is 65.0 Å². The number of amides is 1. The first-order valence-electron chi connectivity index (χ1n) is 13.1. The fraction of sp³-hybridized carbons (Fsp3) is 0.778. The summed E-state index contributed by atoms with van der Waals surface area (Å²) in [5.74, 6) is 0.526. The molecular weight excluding hydrogens is 428 g/mol. The van der Waals surface area contributed by atoms with E-state index in [1.165, 1.54) is 0 Å². The first kappa shape index (κ1) is 25.5. The summed E-state index contributed by atoms with van der Waals surface area (Å²) in [7, 11) is 0. The highest BCUT2D eigenvalue weighted by Gasteiger charge is 2.61. The quantitative estimate of drug-likeness (QED) is 0.512. The number of carbonyl (C=O) groups is 1. The Balaban J connectivity index is 1.40. The Morgan fingerprint density at radius 1 is 1.21 bits per heavy atom. The minimum Gasteiger partial charge on any atom is -0.390 e. The maximum Gasteiger partial charge on any atom is 0.220 e. The Morgan fingerprint density at radius 2 is 2.00 bits per heavy atom. The average molecular weight is 473 g/mol. The molecule has 3 N–H and O–H groups in total. The first-order valence-corrected chi connectivity index (χ1v) is 13.1. The fourth-order valence-corrected chi connectivity index (χ4v) is 6.86. The largest absolute Gasteiger partial charge is 0.390 e. The molecule has 7 nitrogen and oxygen atoms in total. The standard InChI is InChI=1S/C27H44N4O3/c1-25(2)19-23(30-20-21-6-4-5-11-28-21)27(10-9-26(3,33)18-22(25)27)8-7-24(32)29-12-13-31-14-16-34-17-15-31/h4-6,11,22-23,30,33H,7-10,12-20H2,1-3H3,(H,29,32)/t22-,23-,26-,27-/m0/s1. The SMILES string of the molecule is CC1(C)C[C@H](NCc2ccccn2)[C@@]2(CCC(=O)NCCN3CCOCC3)CC[C@](C)(O)C[C@@H]12. The van der Waals surface area contributed by atoms with Crippen molar-refractivity contribution in [2.45, 2.75) is 77.5 Å². The highest BCUT2D eigenvalue weighted by Crippen LogP contribution is 2.63. The third kappa shape index (κ3) is 5.99. The molecule has 0 radical (unpaired) electrons. The number of hydrogen-bond donors (Lipinski definition) is 3. The lowest BCUT2D eigenvalue weighted by Gasteiger charge is -2.51. The molecule has 0 unspecified atom stereocenters. The third-order valence-electron chi connectivity index (χ3n) is 8.76. The summed E-state index contributed by atoms with van der Waals surface area (Å²) >= 11 is 0. The molecule has 1 saturated heterocycles. The molecule has 1 amide bonds. The van der Waals surface area contributed by atoms with Gasteiger partial charge in [-0.1, -0.05) is 19.9 Å². The zero-order valence-electron chi connectivity index (χ0n) is 21.3. The summed E-state index contributed by atoms with van der Waals surface area (Å²) in [6, 6.07) is 6.35. The molecule has 3 fully saturated rings. The number of rotatable bonds is 9. The molecule has 7 heteroatoms. The van der Waals surface area contributed by atoms with Crippen LogP contribution in [0.2, 0.25) is 0 Å². The Hall–Kier alpha value is -1.54. The van der Waals surface area contributed by atoms with Crippen molar-refractivity contribution >= 4 is 5.91 Å². The van der Waals surface area contributed by atoms with Crippen molar-refractivity contribution in [2.75, 3.05) is 39.4 Å². The first-order chi connectivity index (χ1) is 16.2. The van der Waals surface area contributed by atoms with Crippen molar-refractivity contribution in [3.05, 3.63) is 30.1 Å². The van der Waals surface area contributed by atoms with E-state index in [4.69, 9.17) is 4.74 Å². The second-order valence-corrected chi connectivity index (χ2v) is 11.7. The zero-order valence-corrected chi connectivity index (χ0v) is 21.3. The van der Waals surface area contributed by atoms with Gasteiger partial charge in [0.2, 0.25) is 5.91 Å². The van der Waals surface area contributed by atoms with Gasteiger partial charge in [-0.05, 0) is 67.9 Å². The number of fused-ring (bicyclic) bond motifs is 1. The molecule has 2 aliphatic carbocycles. The Kier molecular flexibility index (Phi) is 7.97. The van der Waals surface area contributed by atoms with E-state index in [1.54, 1.807) is 0 Å². The third-order valence-corrected chi connectivity index (χ3v) is 8.76. The summed E-state index contributed by atoms with van der Waals surface area (Å²) in [4.78, 5) is 19.7. The van der Waals surface area contributed by atoms with Crippen molar-refractivity contribution in [1.29, 1.82) is 0 Å². The van der Waals surface area contributed by atoms with Crippen LogP contribution >= 0.6 is 0 Å². The number of aliphatic hydroxyl groups is 1. The molecule has 2 heterocycles. The van der Waals surface area contributed by atoms with Crippen LogP contribution in [0, 0.1) is 16.7 Å². The molecule has 1 aliphatic heterocycles. The van der Waals surface area contributed by atoms with Crippen molar-refractivity contribution in [1.82, 2.24) is 20.5 Å². The van der Waals surface area contributed by atoms with Gasteiger partial charge < -0.3 is 20.5 Å². The van der Waals surface area contributed by atoms with Gasteiger partial charge in [-0.25, -0.2) is 0 Å². The molecule has 34 heavy (non-hydrogen) atoms. The van der Waals surface area contributed by atoms with Crippen LogP contribution in [-0.4, -0.2) is 71.9 Å². The number of ether oxygens (including phenoxy) is 1. The fourth-order valence-electron chi connectivity index (χ4n) is 6.86. The van der Waals surface area contributed by atoms with Crippen LogP contribution in [0.25, 0.3) is 0 Å². The molecular formula is C27H44N4O3. The normalized spacial score (nSPS) is 33.4. The van der Waals surface area contributed by atoms with E-state index in [0.29, 0.717) is 24.9 Å². The topological polar surface area (TPSA) is 86.7 Å². The summed E-state index contributed by atoms with van der Waals surface area (Å²) in [6.07, 6.45) is 6.85. The molecule has 1 aromatic heterocycles. The molecule has 0 aromatic carbocycles. The summed E-state index contributed by atoms with van der Waals surface area (Å²) in [6.45, 7) is 12.4. The van der Waals surface area contributed by atoms with E-state index in [9.17, 15) is 9.90 Å². The van der Waals surface area contributed by atoms with Crippen LogP contribution < -0.4 is 10.6 Å². The molecule has 190 valence electrons. The molecule has 4 rings (SSSR count). The van der Waals surface area contributed by atoms with Gasteiger partial charge in [0.25, 0.3) is 0 Å². The van der Waals surface area contributed by atoms with E-state index in [2.05, 4.69) is 40.4 Å². The van der Waals surface area contributed by atoms with Gasteiger partial charge in [0.1, 0.15) is 0 Å². The van der Waals surface area contributed by atoms with E-state index < -0.39 is 5.60 Å². The van der Waals surface area contributed by atoms with Crippen LogP contribution in [-0.2, 0) is 16.1 Å². The molecule has 0 bridgehead atoms. The van der Waals surface area contributed by atoms with Gasteiger partial charge >= 0.3 is 0 Å². The lowest BCUT2D eigenvalue weighted by molar-refractivity contribution is -0.123. The minimum atomic E-state index is -0.623. The molecule has 0 spiro atoms. The zero-order chi connectivity index (χ0) is 24.2. The van der Waals surface area contributed by atoms with Gasteiger partial charge in [0.05, 0.1) is 24.5 Å². The Labute approximate surface area is 205 Å². The molecule has 4 atom stereocenters. The number of nitrogens with zero attached hydrogens (tertiary/aromatic N) is 2. The lowest BCUT2D eigenvalue weighted by atomic mass is 9.57. The Bertz CT molecular complexity index is 809. The minimum absolute atomic E-state index is 0.0159. The lowest BCUT2D eigenvalue weighted by Crippen LogP contribution is -2.51. The van der Waals surface area contributed by atoms with Crippen molar-refractivity contribution in [3.63, 3.8) is 0 Å². The van der Waals surface area contributed by atoms with Gasteiger partial charge in [0, 0.05) is 51.4 Å². The number of morpholine rings is 1. The highest BCUT2D eigenvalue weighted by molar-refractivity contribution is 5.75. The van der Waals surface area contributed by atoms with E-state index in [0.717, 1.165) is 77.2 Å². The second kappa shape index (κ2) is 10.6.